The van der Waals surface area contributed by atoms with Crippen LogP contribution in [0.25, 0.3) is 0 Å². The molecule has 0 heterocycles. The minimum Gasteiger partial charge on any atom is -0.487 e. The molecule has 0 saturated heterocycles. The molecule has 0 aromatic rings. The summed E-state index contributed by atoms with van der Waals surface area (Å²) in [7, 11) is 0. The van der Waals surface area contributed by atoms with Gasteiger partial charge < -0.3 is 14.2 Å². The van der Waals surface area contributed by atoms with E-state index in [0.29, 0.717) is 5.76 Å². The number of esters is 1. The number of Topliss-reactive ketones (excluding diaryl/α,β-unsaturated/α-hetero) is 1. The van der Waals surface area contributed by atoms with Crippen molar-refractivity contribution < 1.29 is 23.8 Å². The molecule has 5 nitrogen and oxygen atoms in total. The summed E-state index contributed by atoms with van der Waals surface area (Å²) in [6.07, 6.45) is 3.41. The topological polar surface area (TPSA) is 61.8 Å². The monoisotopic (exact) mass is 362 g/mol. The second-order valence-electron chi connectivity index (χ2n) is 8.44. The second kappa shape index (κ2) is 6.14. The van der Waals surface area contributed by atoms with Gasteiger partial charge in [-0.15, -0.1) is 0 Å². The molecule has 0 amide bonds. The molecule has 0 aromatic carbocycles. The molecular weight excluding hydrogens is 332 g/mol. The molecule has 144 valence electrons. The van der Waals surface area contributed by atoms with Gasteiger partial charge >= 0.3 is 5.97 Å². The number of carbonyl (C=O) groups is 2. The summed E-state index contributed by atoms with van der Waals surface area (Å²) in [5.41, 5.74) is -0.955. The molecule has 4 atom stereocenters. The van der Waals surface area contributed by atoms with Crippen molar-refractivity contribution in [1.29, 1.82) is 0 Å². The van der Waals surface area contributed by atoms with E-state index in [9.17, 15) is 9.59 Å². The first-order valence-corrected chi connectivity index (χ1v) is 9.59. The molecule has 3 aliphatic rings. The van der Waals surface area contributed by atoms with E-state index < -0.39 is 17.0 Å². The molecule has 1 saturated carbocycles. The summed E-state index contributed by atoms with van der Waals surface area (Å²) in [4.78, 5) is 25.9. The Morgan fingerprint density at radius 3 is 2.31 bits per heavy atom. The van der Waals surface area contributed by atoms with Crippen molar-refractivity contribution in [3.05, 3.63) is 23.2 Å². The van der Waals surface area contributed by atoms with Crippen molar-refractivity contribution in [3.8, 4) is 0 Å². The Bertz CT molecular complexity index is 701. The van der Waals surface area contributed by atoms with Gasteiger partial charge in [-0.2, -0.15) is 0 Å². The third-order valence-electron chi connectivity index (χ3n) is 5.95. The average Bonchev–Trinajstić information content (AvgIpc) is 3.02. The van der Waals surface area contributed by atoms with E-state index in [1.54, 1.807) is 0 Å². The number of carbonyl (C=O) groups excluding carboxylic acids is 2. The number of ketones is 1. The summed E-state index contributed by atoms with van der Waals surface area (Å²) in [5, 5.41) is 0. The van der Waals surface area contributed by atoms with Gasteiger partial charge in [0.15, 0.2) is 5.76 Å². The molecule has 0 N–H and O–H groups in total. The molecule has 5 heteroatoms. The third-order valence-corrected chi connectivity index (χ3v) is 5.95. The van der Waals surface area contributed by atoms with E-state index in [1.165, 1.54) is 6.92 Å². The average molecular weight is 362 g/mol. The second-order valence-corrected chi connectivity index (χ2v) is 8.44. The van der Waals surface area contributed by atoms with Crippen LogP contribution in [-0.2, 0) is 23.8 Å². The Morgan fingerprint density at radius 1 is 1.15 bits per heavy atom. The van der Waals surface area contributed by atoms with E-state index in [4.69, 9.17) is 14.2 Å². The van der Waals surface area contributed by atoms with Crippen molar-refractivity contribution in [1.82, 2.24) is 0 Å². The third kappa shape index (κ3) is 2.28. The van der Waals surface area contributed by atoms with Crippen LogP contribution >= 0.6 is 0 Å². The first kappa shape index (κ1) is 19.0. The lowest BCUT2D eigenvalue weighted by Gasteiger charge is -2.42. The highest BCUT2D eigenvalue weighted by Gasteiger charge is 2.77. The lowest BCUT2D eigenvalue weighted by Crippen LogP contribution is -2.53. The predicted octanol–water partition coefficient (Wildman–Crippen LogP) is 3.93. The van der Waals surface area contributed by atoms with Crippen molar-refractivity contribution in [2.24, 2.45) is 17.3 Å². The van der Waals surface area contributed by atoms with Gasteiger partial charge in [0.2, 0.25) is 17.1 Å². The smallest absolute Gasteiger partial charge is 0.303 e. The molecule has 26 heavy (non-hydrogen) atoms. The Morgan fingerprint density at radius 2 is 1.77 bits per heavy atom. The first-order valence-electron chi connectivity index (χ1n) is 9.59. The molecule has 1 spiro atoms. The molecule has 3 rings (SSSR count). The van der Waals surface area contributed by atoms with Crippen LogP contribution < -0.4 is 0 Å². The number of hydrogen-bond donors (Lipinski definition) is 0. The Labute approximate surface area is 155 Å². The molecule has 0 unspecified atom stereocenters. The standard InChI is InChI=1S/C21H30O5/c1-11(2)24-17-18(23)21-14(6)8-9-16(21)13(5)10-20(21,26-15(7)22)19(17)25-12(3)4/h10-12,14,16H,8-9H2,1-7H3/t14-,16+,20+,21+/m1/s1. The van der Waals surface area contributed by atoms with Crippen molar-refractivity contribution in [2.75, 3.05) is 0 Å². The fourth-order valence-electron chi connectivity index (χ4n) is 5.34. The maximum atomic E-state index is 13.8. The van der Waals surface area contributed by atoms with Gasteiger partial charge in [0.1, 0.15) is 0 Å². The Balaban J connectivity index is 2.29. The van der Waals surface area contributed by atoms with Gasteiger partial charge in [-0.1, -0.05) is 12.5 Å². The van der Waals surface area contributed by atoms with Crippen LogP contribution in [0.5, 0.6) is 0 Å². The summed E-state index contributed by atoms with van der Waals surface area (Å²) in [6, 6.07) is 0. The fraction of sp³-hybridized carbons (Fsp3) is 0.714. The molecule has 3 aliphatic carbocycles. The van der Waals surface area contributed by atoms with Crippen molar-refractivity contribution in [3.63, 3.8) is 0 Å². The minimum absolute atomic E-state index is 0.0448. The van der Waals surface area contributed by atoms with Crippen LogP contribution in [0.4, 0.5) is 0 Å². The highest BCUT2D eigenvalue weighted by atomic mass is 16.6. The largest absolute Gasteiger partial charge is 0.487 e. The Kier molecular flexibility index (Phi) is 4.48. The van der Waals surface area contributed by atoms with Crippen LogP contribution in [0.15, 0.2) is 23.2 Å². The van der Waals surface area contributed by atoms with Crippen LogP contribution in [0.1, 0.15) is 61.3 Å². The zero-order valence-corrected chi connectivity index (χ0v) is 16.8. The van der Waals surface area contributed by atoms with Crippen molar-refractivity contribution >= 4 is 11.8 Å². The summed E-state index contributed by atoms with van der Waals surface area (Å²) in [5.74, 6) is 0.215. The van der Waals surface area contributed by atoms with Crippen LogP contribution in [0.2, 0.25) is 0 Å². The maximum Gasteiger partial charge on any atom is 0.303 e. The number of allylic oxidation sites excluding steroid dienone is 2. The lowest BCUT2D eigenvalue weighted by molar-refractivity contribution is -0.169. The maximum absolute atomic E-state index is 13.8. The van der Waals surface area contributed by atoms with Gasteiger partial charge in [-0.25, -0.2) is 0 Å². The van der Waals surface area contributed by atoms with Crippen LogP contribution in [-0.4, -0.2) is 29.6 Å². The van der Waals surface area contributed by atoms with Gasteiger partial charge in [-0.3, -0.25) is 9.59 Å². The summed E-state index contributed by atoms with van der Waals surface area (Å²) < 4.78 is 18.0. The zero-order chi connectivity index (χ0) is 19.4. The van der Waals surface area contributed by atoms with Crippen LogP contribution in [0, 0.1) is 17.3 Å². The number of hydrogen-bond acceptors (Lipinski definition) is 5. The number of ether oxygens (including phenoxy) is 3. The Hall–Kier alpha value is -1.78. The quantitative estimate of drug-likeness (QED) is 0.548. The fourth-order valence-corrected chi connectivity index (χ4v) is 5.34. The van der Waals surface area contributed by atoms with Gasteiger partial charge in [0.25, 0.3) is 0 Å². The molecule has 1 fully saturated rings. The van der Waals surface area contributed by atoms with Crippen molar-refractivity contribution in [2.45, 2.75) is 79.1 Å². The molecular formula is C21H30O5. The van der Waals surface area contributed by atoms with Gasteiger partial charge in [0.05, 0.1) is 17.6 Å². The highest BCUT2D eigenvalue weighted by molar-refractivity contribution is 6.06. The minimum atomic E-state index is -1.20. The molecule has 0 bridgehead atoms. The van der Waals surface area contributed by atoms with Gasteiger partial charge in [0, 0.05) is 6.92 Å². The SMILES string of the molecule is CC(=O)O[C@]12C=C(C)[C@@H]3CC[C@@H](C)[C@@]31C(=O)C(OC(C)C)=C2OC(C)C. The van der Waals surface area contributed by atoms with E-state index in [2.05, 4.69) is 6.92 Å². The van der Waals surface area contributed by atoms with E-state index in [0.717, 1.165) is 18.4 Å². The molecule has 0 radical (unpaired) electrons. The molecule has 0 aliphatic heterocycles. The lowest BCUT2D eigenvalue weighted by atomic mass is 9.64. The highest BCUT2D eigenvalue weighted by Crippen LogP contribution is 2.69. The summed E-state index contributed by atoms with van der Waals surface area (Å²) >= 11 is 0. The normalized spacial score (nSPS) is 35.7. The predicted molar refractivity (Wildman–Crippen MR) is 97.1 cm³/mol. The van der Waals surface area contributed by atoms with E-state index in [-0.39, 0.29) is 35.6 Å². The van der Waals surface area contributed by atoms with E-state index in [1.807, 2.05) is 40.7 Å². The number of rotatable bonds is 5. The van der Waals surface area contributed by atoms with Crippen LogP contribution in [0.3, 0.4) is 0 Å². The first-order chi connectivity index (χ1) is 12.1. The molecule has 0 aromatic heterocycles. The zero-order valence-electron chi connectivity index (χ0n) is 16.8. The van der Waals surface area contributed by atoms with Gasteiger partial charge in [-0.05, 0) is 65.4 Å². The summed E-state index contributed by atoms with van der Waals surface area (Å²) in [6.45, 7) is 13.1. The van der Waals surface area contributed by atoms with E-state index >= 15 is 0 Å².